The van der Waals surface area contributed by atoms with Gasteiger partial charge in [0.05, 0.1) is 11.1 Å². The first-order valence-corrected chi connectivity index (χ1v) is 11.8. The predicted octanol–water partition coefficient (Wildman–Crippen LogP) is 2.75. The summed E-state index contributed by atoms with van der Waals surface area (Å²) in [4.78, 5) is 19.6. The van der Waals surface area contributed by atoms with Gasteiger partial charge < -0.3 is 26.2 Å². The van der Waals surface area contributed by atoms with Crippen molar-refractivity contribution in [2.75, 3.05) is 23.7 Å². The maximum Gasteiger partial charge on any atom is 0.272 e. The number of benzene rings is 2. The fraction of sp³-hybridized carbons (Fsp3) is 0.308. The van der Waals surface area contributed by atoms with Gasteiger partial charge in [0.1, 0.15) is 28.5 Å². The minimum absolute atomic E-state index is 0.0106. The van der Waals surface area contributed by atoms with Crippen molar-refractivity contribution in [2.45, 2.75) is 30.9 Å². The van der Waals surface area contributed by atoms with Crippen LogP contribution >= 0.6 is 11.6 Å². The van der Waals surface area contributed by atoms with Crippen LogP contribution < -0.4 is 26.7 Å². The van der Waals surface area contributed by atoms with Gasteiger partial charge in [-0.05, 0) is 23.8 Å². The summed E-state index contributed by atoms with van der Waals surface area (Å²) in [7, 11) is 1.67. The number of aromatic nitrogens is 2. The Morgan fingerprint density at radius 2 is 2.00 bits per heavy atom. The van der Waals surface area contributed by atoms with Crippen molar-refractivity contribution in [1.29, 1.82) is 0 Å². The van der Waals surface area contributed by atoms with Crippen LogP contribution in [0.25, 0.3) is 0 Å². The van der Waals surface area contributed by atoms with Crippen molar-refractivity contribution in [2.24, 2.45) is 12.8 Å². The van der Waals surface area contributed by atoms with E-state index in [-0.39, 0.29) is 33.8 Å². The molecule has 180 valence electrons. The lowest BCUT2D eigenvalue weighted by atomic mass is 9.83. The second-order valence-electron chi connectivity index (χ2n) is 8.97. The summed E-state index contributed by atoms with van der Waals surface area (Å²) in [5.74, 6) is 7.22. The first-order valence-electron chi connectivity index (χ1n) is 11.4. The Hall–Kier alpha value is -3.67. The molecule has 3 aromatic rings. The second kappa shape index (κ2) is 8.84. The number of halogens is 1. The zero-order chi connectivity index (χ0) is 24.7. The SMILES string of the molecule is Cn1c(N2CCC3(CC2)Oc2ccccc2[C@H]3N)nc(N)c(C#CCc2ccc(Cl)c(O)c2)c1=O. The molecule has 0 radical (unpaired) electrons. The van der Waals surface area contributed by atoms with Gasteiger partial charge in [-0.15, -0.1) is 0 Å². The molecule has 0 aliphatic carbocycles. The molecule has 2 aromatic carbocycles. The van der Waals surface area contributed by atoms with Crippen LogP contribution in [0.3, 0.4) is 0 Å². The molecule has 8 nitrogen and oxygen atoms in total. The molecule has 2 aliphatic rings. The summed E-state index contributed by atoms with van der Waals surface area (Å²) in [6.07, 6.45) is 1.73. The standard InChI is InChI=1S/C26H26ClN5O3/c1-31-24(34)18(7-4-5-16-9-10-19(27)20(33)15-16)23(29)30-25(31)32-13-11-26(12-14-32)22(28)17-6-2-3-8-21(17)35-26/h2-3,6,8-10,15,22,33H,5,11-14,28-29H2,1H3/t22-/m1/s1. The van der Waals surface area contributed by atoms with Gasteiger partial charge in [0, 0.05) is 45.0 Å². The molecule has 1 fully saturated rings. The highest BCUT2D eigenvalue weighted by Gasteiger charge is 2.48. The summed E-state index contributed by atoms with van der Waals surface area (Å²) in [5.41, 5.74) is 13.9. The van der Waals surface area contributed by atoms with E-state index in [0.29, 0.717) is 38.3 Å². The highest BCUT2D eigenvalue weighted by Crippen LogP contribution is 2.47. The number of nitrogens with two attached hydrogens (primary N) is 2. The van der Waals surface area contributed by atoms with E-state index in [1.165, 1.54) is 4.57 Å². The van der Waals surface area contributed by atoms with Gasteiger partial charge in [-0.2, -0.15) is 4.98 Å². The van der Waals surface area contributed by atoms with E-state index in [2.05, 4.69) is 16.8 Å². The molecule has 5 N–H and O–H groups in total. The minimum Gasteiger partial charge on any atom is -0.506 e. The number of aromatic hydroxyl groups is 1. The van der Waals surface area contributed by atoms with E-state index < -0.39 is 5.60 Å². The summed E-state index contributed by atoms with van der Waals surface area (Å²) in [5, 5.41) is 10.0. The fourth-order valence-electron chi connectivity index (χ4n) is 4.80. The van der Waals surface area contributed by atoms with Crippen molar-refractivity contribution in [3.8, 4) is 23.3 Å². The van der Waals surface area contributed by atoms with Gasteiger partial charge in [0.25, 0.3) is 5.56 Å². The molecule has 1 saturated heterocycles. The van der Waals surface area contributed by atoms with E-state index in [9.17, 15) is 9.90 Å². The molecule has 5 rings (SSSR count). The number of para-hydroxylation sites is 1. The number of phenolic OH excluding ortho intramolecular Hbond substituents is 1. The van der Waals surface area contributed by atoms with E-state index in [4.69, 9.17) is 27.8 Å². The van der Waals surface area contributed by atoms with Crippen molar-refractivity contribution in [1.82, 2.24) is 9.55 Å². The number of rotatable bonds is 2. The molecule has 0 saturated carbocycles. The van der Waals surface area contributed by atoms with Crippen LogP contribution in [0, 0.1) is 11.8 Å². The number of hydrogen-bond acceptors (Lipinski definition) is 7. The van der Waals surface area contributed by atoms with Crippen LogP contribution in [-0.4, -0.2) is 33.3 Å². The number of fused-ring (bicyclic) bond motifs is 1. The molecule has 2 aliphatic heterocycles. The molecule has 1 aromatic heterocycles. The van der Waals surface area contributed by atoms with Crippen LogP contribution in [0.5, 0.6) is 11.5 Å². The predicted molar refractivity (Wildman–Crippen MR) is 136 cm³/mol. The molecular weight excluding hydrogens is 466 g/mol. The average Bonchev–Trinajstić information content (AvgIpc) is 3.12. The average molecular weight is 492 g/mol. The second-order valence-corrected chi connectivity index (χ2v) is 9.38. The monoisotopic (exact) mass is 491 g/mol. The molecular formula is C26H26ClN5O3. The fourth-order valence-corrected chi connectivity index (χ4v) is 4.92. The van der Waals surface area contributed by atoms with Gasteiger partial charge >= 0.3 is 0 Å². The normalized spacial score (nSPS) is 18.0. The molecule has 1 spiro atoms. The van der Waals surface area contributed by atoms with E-state index in [1.54, 1.807) is 25.2 Å². The Morgan fingerprint density at radius 1 is 1.26 bits per heavy atom. The van der Waals surface area contributed by atoms with Crippen LogP contribution in [0.2, 0.25) is 5.02 Å². The van der Waals surface area contributed by atoms with Gasteiger partial charge in [0.2, 0.25) is 5.95 Å². The van der Waals surface area contributed by atoms with E-state index in [0.717, 1.165) is 16.9 Å². The van der Waals surface area contributed by atoms with Crippen molar-refractivity contribution in [3.05, 3.63) is 74.5 Å². The zero-order valence-electron chi connectivity index (χ0n) is 19.3. The Kier molecular flexibility index (Phi) is 5.83. The Bertz CT molecular complexity index is 1420. The Balaban J connectivity index is 1.33. The highest BCUT2D eigenvalue weighted by atomic mass is 35.5. The number of nitrogens with zero attached hydrogens (tertiary/aromatic N) is 3. The number of phenols is 1. The Labute approximate surface area is 208 Å². The number of nitrogen functional groups attached to an aromatic ring is 1. The summed E-state index contributed by atoms with van der Waals surface area (Å²) >= 11 is 5.84. The van der Waals surface area contributed by atoms with Gasteiger partial charge in [-0.1, -0.05) is 47.7 Å². The van der Waals surface area contributed by atoms with Crippen molar-refractivity contribution < 1.29 is 9.84 Å². The van der Waals surface area contributed by atoms with E-state index in [1.807, 2.05) is 29.2 Å². The van der Waals surface area contributed by atoms with E-state index >= 15 is 0 Å². The number of piperidine rings is 1. The molecule has 0 bridgehead atoms. The first kappa shape index (κ1) is 23.1. The van der Waals surface area contributed by atoms with Crippen LogP contribution in [0.15, 0.2) is 47.3 Å². The minimum atomic E-state index is -0.452. The maximum absolute atomic E-state index is 13.1. The summed E-state index contributed by atoms with van der Waals surface area (Å²) in [6.45, 7) is 1.26. The van der Waals surface area contributed by atoms with Gasteiger partial charge in [-0.25, -0.2) is 0 Å². The first-order chi connectivity index (χ1) is 16.8. The zero-order valence-corrected chi connectivity index (χ0v) is 20.0. The van der Waals surface area contributed by atoms with Gasteiger partial charge in [0.15, 0.2) is 0 Å². The molecule has 0 amide bonds. The smallest absolute Gasteiger partial charge is 0.272 e. The topological polar surface area (TPSA) is 120 Å². The quantitative estimate of drug-likeness (QED) is 0.471. The summed E-state index contributed by atoms with van der Waals surface area (Å²) < 4.78 is 7.80. The lowest BCUT2D eigenvalue weighted by molar-refractivity contribution is 0.0428. The Morgan fingerprint density at radius 3 is 2.71 bits per heavy atom. The van der Waals surface area contributed by atoms with Crippen LogP contribution in [0.1, 0.15) is 35.6 Å². The van der Waals surface area contributed by atoms with Crippen LogP contribution in [0.4, 0.5) is 11.8 Å². The third-order valence-electron chi connectivity index (χ3n) is 6.84. The summed E-state index contributed by atoms with van der Waals surface area (Å²) in [6, 6.07) is 12.6. The molecule has 9 heteroatoms. The molecule has 3 heterocycles. The third kappa shape index (κ3) is 4.07. The molecule has 0 unspecified atom stereocenters. The number of hydrogen-bond donors (Lipinski definition) is 3. The maximum atomic E-state index is 13.1. The number of ether oxygens (including phenoxy) is 1. The van der Waals surface area contributed by atoms with Crippen LogP contribution in [-0.2, 0) is 13.5 Å². The lowest BCUT2D eigenvalue weighted by Crippen LogP contribution is -2.52. The highest BCUT2D eigenvalue weighted by molar-refractivity contribution is 6.32. The molecule has 35 heavy (non-hydrogen) atoms. The third-order valence-corrected chi connectivity index (χ3v) is 7.16. The van der Waals surface area contributed by atoms with Gasteiger partial charge in [-0.3, -0.25) is 9.36 Å². The number of anilines is 2. The molecule has 1 atom stereocenters. The van der Waals surface area contributed by atoms with Crippen molar-refractivity contribution >= 4 is 23.4 Å². The lowest BCUT2D eigenvalue weighted by Gasteiger charge is -2.41. The largest absolute Gasteiger partial charge is 0.506 e. The van der Waals surface area contributed by atoms with Crippen molar-refractivity contribution in [3.63, 3.8) is 0 Å².